The average molecular weight is 352 g/mol. The second kappa shape index (κ2) is 7.33. The number of carbonyl (C=O) groups is 1. The second-order valence-electron chi connectivity index (χ2n) is 4.53. The summed E-state index contributed by atoms with van der Waals surface area (Å²) in [5, 5.41) is 9.15. The summed E-state index contributed by atoms with van der Waals surface area (Å²) < 4.78 is 14.3. The van der Waals surface area contributed by atoms with Crippen molar-refractivity contribution < 1.29 is 14.3 Å². The lowest BCUT2D eigenvalue weighted by Gasteiger charge is -2.22. The van der Waals surface area contributed by atoms with Crippen LogP contribution in [0.3, 0.4) is 0 Å². The number of carbonyl (C=O) groups excluding carboxylic acids is 1. The molecule has 0 unspecified atom stereocenters. The number of halogens is 2. The number of amides is 1. The average Bonchev–Trinajstić information content (AvgIpc) is 2.47. The summed E-state index contributed by atoms with van der Waals surface area (Å²) in [6.07, 6.45) is 0. The van der Waals surface area contributed by atoms with Gasteiger partial charge in [0.15, 0.2) is 0 Å². The third-order valence-electron chi connectivity index (χ3n) is 3.05. The van der Waals surface area contributed by atoms with Gasteiger partial charge >= 0.3 is 0 Å². The van der Waals surface area contributed by atoms with Crippen LogP contribution in [0.2, 0.25) is 0 Å². The van der Waals surface area contributed by atoms with Crippen LogP contribution in [0.15, 0.2) is 53.0 Å². The Balaban J connectivity index is 2.27. The highest BCUT2D eigenvalue weighted by Crippen LogP contribution is 2.22. The topological polar surface area (TPSA) is 40.5 Å². The maximum Gasteiger partial charge on any atom is 0.258 e. The van der Waals surface area contributed by atoms with E-state index in [-0.39, 0.29) is 18.7 Å². The molecule has 1 amide bonds. The molecule has 2 aromatic carbocycles. The first-order valence-electron chi connectivity index (χ1n) is 6.51. The van der Waals surface area contributed by atoms with Crippen molar-refractivity contribution in [3.8, 4) is 0 Å². The van der Waals surface area contributed by atoms with E-state index >= 15 is 0 Å². The fourth-order valence-electron chi connectivity index (χ4n) is 2.04. The predicted molar refractivity (Wildman–Crippen MR) is 82.4 cm³/mol. The first-order valence-corrected chi connectivity index (χ1v) is 7.31. The van der Waals surface area contributed by atoms with Crippen molar-refractivity contribution in [2.75, 3.05) is 13.2 Å². The van der Waals surface area contributed by atoms with Crippen molar-refractivity contribution in [3.05, 3.63) is 69.9 Å². The van der Waals surface area contributed by atoms with Crippen LogP contribution in [-0.4, -0.2) is 29.1 Å². The summed E-state index contributed by atoms with van der Waals surface area (Å²) in [5.74, 6) is -1.02. The van der Waals surface area contributed by atoms with Gasteiger partial charge in [-0.1, -0.05) is 36.4 Å². The molecule has 3 nitrogen and oxygen atoms in total. The molecule has 0 heterocycles. The zero-order chi connectivity index (χ0) is 15.2. The van der Waals surface area contributed by atoms with E-state index in [4.69, 9.17) is 5.11 Å². The van der Waals surface area contributed by atoms with E-state index in [9.17, 15) is 9.18 Å². The Kier molecular flexibility index (Phi) is 5.47. The maximum atomic E-state index is 13.9. The van der Waals surface area contributed by atoms with Crippen molar-refractivity contribution in [2.45, 2.75) is 6.54 Å². The van der Waals surface area contributed by atoms with Gasteiger partial charge in [0.2, 0.25) is 0 Å². The fraction of sp³-hybridized carbons (Fsp3) is 0.188. The van der Waals surface area contributed by atoms with Crippen molar-refractivity contribution in [3.63, 3.8) is 0 Å². The largest absolute Gasteiger partial charge is 0.395 e. The Bertz CT molecular complexity index is 599. The van der Waals surface area contributed by atoms with Crippen LogP contribution in [0, 0.1) is 5.82 Å². The van der Waals surface area contributed by atoms with Crippen molar-refractivity contribution in [1.82, 2.24) is 4.90 Å². The molecule has 0 aliphatic rings. The molecule has 0 aliphatic carbocycles. The zero-order valence-electron chi connectivity index (χ0n) is 11.3. The van der Waals surface area contributed by atoms with Gasteiger partial charge in [-0.05, 0) is 33.6 Å². The Morgan fingerprint density at radius 3 is 2.48 bits per heavy atom. The molecule has 0 bridgehead atoms. The molecule has 0 saturated carbocycles. The van der Waals surface area contributed by atoms with E-state index in [1.165, 1.54) is 17.0 Å². The molecule has 5 heteroatoms. The van der Waals surface area contributed by atoms with Gasteiger partial charge in [0.25, 0.3) is 5.91 Å². The molecule has 110 valence electrons. The highest BCUT2D eigenvalue weighted by Gasteiger charge is 2.21. The Morgan fingerprint density at radius 2 is 1.86 bits per heavy atom. The Hall–Kier alpha value is -1.72. The quantitative estimate of drug-likeness (QED) is 0.898. The van der Waals surface area contributed by atoms with Gasteiger partial charge in [0.05, 0.1) is 12.2 Å². The zero-order valence-corrected chi connectivity index (χ0v) is 12.9. The standard InChI is InChI=1S/C16H15BrFNO2/c17-13-7-4-8-14(18)15(13)16(21)19(9-10-20)11-12-5-2-1-3-6-12/h1-8,20H,9-11H2. The Morgan fingerprint density at radius 1 is 1.14 bits per heavy atom. The van der Waals surface area contributed by atoms with Crippen molar-refractivity contribution >= 4 is 21.8 Å². The van der Waals surface area contributed by atoms with Gasteiger partial charge < -0.3 is 10.0 Å². The van der Waals surface area contributed by atoms with Crippen molar-refractivity contribution in [2.24, 2.45) is 0 Å². The molecular formula is C16H15BrFNO2. The Labute approximate surface area is 131 Å². The number of hydrogen-bond acceptors (Lipinski definition) is 2. The highest BCUT2D eigenvalue weighted by molar-refractivity contribution is 9.10. The summed E-state index contributed by atoms with van der Waals surface area (Å²) >= 11 is 3.20. The van der Waals surface area contributed by atoms with Crippen LogP contribution in [0.1, 0.15) is 15.9 Å². The van der Waals surface area contributed by atoms with Crippen LogP contribution in [0.4, 0.5) is 4.39 Å². The summed E-state index contributed by atoms with van der Waals surface area (Å²) in [6.45, 7) is 0.292. The minimum absolute atomic E-state index is 0.0121. The summed E-state index contributed by atoms with van der Waals surface area (Å²) in [6, 6.07) is 13.8. The van der Waals surface area contributed by atoms with Crippen LogP contribution in [-0.2, 0) is 6.54 Å². The lowest BCUT2D eigenvalue weighted by Crippen LogP contribution is -2.33. The molecule has 0 aromatic heterocycles. The minimum Gasteiger partial charge on any atom is -0.395 e. The van der Waals surface area contributed by atoms with Crippen LogP contribution < -0.4 is 0 Å². The first kappa shape index (κ1) is 15.7. The number of aliphatic hydroxyl groups is 1. The van der Waals surface area contributed by atoms with Crippen LogP contribution in [0.25, 0.3) is 0 Å². The number of nitrogens with zero attached hydrogens (tertiary/aromatic N) is 1. The molecule has 0 aliphatic heterocycles. The van der Waals surface area contributed by atoms with Gasteiger partial charge in [-0.2, -0.15) is 0 Å². The van der Waals surface area contributed by atoms with Gasteiger partial charge in [0.1, 0.15) is 5.82 Å². The number of aliphatic hydroxyl groups excluding tert-OH is 1. The predicted octanol–water partition coefficient (Wildman–Crippen LogP) is 3.22. The van der Waals surface area contributed by atoms with Crippen molar-refractivity contribution in [1.29, 1.82) is 0 Å². The summed E-state index contributed by atoms with van der Waals surface area (Å²) in [5.41, 5.74) is 0.911. The van der Waals surface area contributed by atoms with Crippen LogP contribution >= 0.6 is 15.9 Å². The summed E-state index contributed by atoms with van der Waals surface area (Å²) in [4.78, 5) is 14.0. The summed E-state index contributed by atoms with van der Waals surface area (Å²) in [7, 11) is 0. The molecule has 2 aromatic rings. The minimum atomic E-state index is -0.578. The smallest absolute Gasteiger partial charge is 0.258 e. The van der Waals surface area contributed by atoms with E-state index in [2.05, 4.69) is 15.9 Å². The van der Waals surface area contributed by atoms with E-state index in [1.807, 2.05) is 30.3 Å². The number of benzene rings is 2. The first-order chi connectivity index (χ1) is 10.1. The van der Waals surface area contributed by atoms with E-state index in [1.54, 1.807) is 6.07 Å². The molecule has 21 heavy (non-hydrogen) atoms. The molecule has 0 radical (unpaired) electrons. The molecule has 2 rings (SSSR count). The molecule has 1 N–H and O–H groups in total. The van der Waals surface area contributed by atoms with Gasteiger partial charge in [-0.3, -0.25) is 4.79 Å². The van der Waals surface area contributed by atoms with Crippen LogP contribution in [0.5, 0.6) is 0 Å². The fourth-order valence-corrected chi connectivity index (χ4v) is 2.55. The lowest BCUT2D eigenvalue weighted by molar-refractivity contribution is 0.0702. The maximum absolute atomic E-state index is 13.9. The molecular weight excluding hydrogens is 337 g/mol. The molecule has 0 saturated heterocycles. The molecule has 0 atom stereocenters. The SMILES string of the molecule is O=C(c1c(F)cccc1Br)N(CCO)Cc1ccccc1. The normalized spacial score (nSPS) is 10.4. The van der Waals surface area contributed by atoms with E-state index in [0.717, 1.165) is 5.56 Å². The third kappa shape index (κ3) is 3.89. The van der Waals surface area contributed by atoms with E-state index in [0.29, 0.717) is 11.0 Å². The molecule has 0 spiro atoms. The van der Waals surface area contributed by atoms with E-state index < -0.39 is 11.7 Å². The van der Waals surface area contributed by atoms with Gasteiger partial charge in [-0.15, -0.1) is 0 Å². The lowest BCUT2D eigenvalue weighted by atomic mass is 10.1. The number of hydrogen-bond donors (Lipinski definition) is 1. The van der Waals surface area contributed by atoms with Gasteiger partial charge in [-0.25, -0.2) is 4.39 Å². The third-order valence-corrected chi connectivity index (χ3v) is 3.71. The van der Waals surface area contributed by atoms with Gasteiger partial charge in [0, 0.05) is 17.6 Å². The second-order valence-corrected chi connectivity index (χ2v) is 5.39. The molecule has 0 fully saturated rings. The monoisotopic (exact) mass is 351 g/mol. The number of rotatable bonds is 5. The highest BCUT2D eigenvalue weighted by atomic mass is 79.9.